The second-order valence-corrected chi connectivity index (χ2v) is 6.32. The summed E-state index contributed by atoms with van der Waals surface area (Å²) >= 11 is 0. The number of carbonyl (C=O) groups excluding carboxylic acids is 4. The molecule has 8 nitrogen and oxygen atoms in total. The van der Waals surface area contributed by atoms with Gasteiger partial charge >= 0.3 is 5.97 Å². The summed E-state index contributed by atoms with van der Waals surface area (Å²) in [7, 11) is 0. The predicted octanol–water partition coefficient (Wildman–Crippen LogP) is 2.03. The quantitative estimate of drug-likeness (QED) is 0.489. The molecule has 0 aromatic heterocycles. The molecule has 2 aromatic rings. The van der Waals surface area contributed by atoms with Crippen molar-refractivity contribution in [2.75, 3.05) is 11.9 Å². The van der Waals surface area contributed by atoms with E-state index in [1.54, 1.807) is 36.4 Å². The predicted molar refractivity (Wildman–Crippen MR) is 107 cm³/mol. The molecular formula is C21H23N3O5. The van der Waals surface area contributed by atoms with Gasteiger partial charge in [0.15, 0.2) is 6.61 Å². The second-order valence-electron chi connectivity index (χ2n) is 6.32. The van der Waals surface area contributed by atoms with E-state index in [0.717, 1.165) is 11.1 Å². The van der Waals surface area contributed by atoms with Crippen LogP contribution in [0.5, 0.6) is 0 Å². The number of rotatable bonds is 7. The van der Waals surface area contributed by atoms with E-state index in [2.05, 4.69) is 16.2 Å². The van der Waals surface area contributed by atoms with Crippen LogP contribution >= 0.6 is 0 Å². The van der Waals surface area contributed by atoms with Gasteiger partial charge in [-0.25, -0.2) is 0 Å². The van der Waals surface area contributed by atoms with E-state index < -0.39 is 30.3 Å². The van der Waals surface area contributed by atoms with E-state index in [1.807, 2.05) is 26.0 Å². The summed E-state index contributed by atoms with van der Waals surface area (Å²) in [4.78, 5) is 47.1. The Morgan fingerprint density at radius 1 is 0.828 bits per heavy atom. The Bertz CT molecular complexity index is 896. The molecule has 0 bridgehead atoms. The van der Waals surface area contributed by atoms with Gasteiger partial charge in [0.25, 0.3) is 11.8 Å². The van der Waals surface area contributed by atoms with Crippen molar-refractivity contribution < 1.29 is 23.9 Å². The first-order chi connectivity index (χ1) is 13.9. The topological polar surface area (TPSA) is 114 Å². The van der Waals surface area contributed by atoms with Crippen molar-refractivity contribution in [3.63, 3.8) is 0 Å². The number of anilines is 1. The molecule has 0 radical (unpaired) electrons. The molecule has 0 fully saturated rings. The van der Waals surface area contributed by atoms with Crippen molar-refractivity contribution in [2.24, 2.45) is 0 Å². The molecule has 3 N–H and O–H groups in total. The molecule has 0 aliphatic carbocycles. The zero-order chi connectivity index (χ0) is 21.2. The zero-order valence-electron chi connectivity index (χ0n) is 16.3. The molecule has 0 spiro atoms. The normalized spacial score (nSPS) is 10.0. The number of ether oxygens (including phenoxy) is 1. The first-order valence-electron chi connectivity index (χ1n) is 9.02. The molecule has 8 heteroatoms. The maximum absolute atomic E-state index is 11.9. The highest BCUT2D eigenvalue weighted by molar-refractivity contribution is 5.96. The molecule has 2 rings (SSSR count). The summed E-state index contributed by atoms with van der Waals surface area (Å²) < 4.78 is 4.87. The van der Waals surface area contributed by atoms with E-state index in [-0.39, 0.29) is 12.8 Å². The van der Waals surface area contributed by atoms with E-state index in [4.69, 9.17) is 4.74 Å². The van der Waals surface area contributed by atoms with Gasteiger partial charge < -0.3 is 10.1 Å². The Labute approximate surface area is 168 Å². The third-order valence-corrected chi connectivity index (χ3v) is 4.15. The highest BCUT2D eigenvalue weighted by Crippen LogP contribution is 2.17. The molecule has 2 aromatic carbocycles. The summed E-state index contributed by atoms with van der Waals surface area (Å²) in [5.41, 5.74) is 7.48. The van der Waals surface area contributed by atoms with Crippen molar-refractivity contribution in [2.45, 2.75) is 26.7 Å². The molecule has 0 aliphatic rings. The van der Waals surface area contributed by atoms with Gasteiger partial charge in [-0.15, -0.1) is 0 Å². The van der Waals surface area contributed by atoms with Crippen LogP contribution in [-0.4, -0.2) is 30.3 Å². The summed E-state index contributed by atoms with van der Waals surface area (Å²) in [6, 6.07) is 13.9. The van der Waals surface area contributed by atoms with Crippen molar-refractivity contribution in [1.29, 1.82) is 0 Å². The smallest absolute Gasteiger partial charge is 0.306 e. The van der Waals surface area contributed by atoms with Gasteiger partial charge in [0.05, 0.1) is 6.42 Å². The number of amides is 3. The second kappa shape index (κ2) is 10.6. The van der Waals surface area contributed by atoms with Crippen molar-refractivity contribution in [3.8, 4) is 0 Å². The Morgan fingerprint density at radius 2 is 1.55 bits per heavy atom. The zero-order valence-corrected chi connectivity index (χ0v) is 16.3. The molecule has 3 amide bonds. The van der Waals surface area contributed by atoms with E-state index >= 15 is 0 Å². The Hall–Kier alpha value is -3.68. The summed E-state index contributed by atoms with van der Waals surface area (Å²) in [5, 5.41) is 2.68. The number of hydrogen-bond donors (Lipinski definition) is 3. The maximum atomic E-state index is 11.9. The molecule has 0 atom stereocenters. The van der Waals surface area contributed by atoms with Crippen LogP contribution in [0.25, 0.3) is 0 Å². The molecule has 152 valence electrons. The lowest BCUT2D eigenvalue weighted by atomic mass is 10.1. The minimum atomic E-state index is -0.689. The maximum Gasteiger partial charge on any atom is 0.306 e. The van der Waals surface area contributed by atoms with E-state index in [9.17, 15) is 19.2 Å². The number of benzene rings is 2. The van der Waals surface area contributed by atoms with Crippen LogP contribution in [0.3, 0.4) is 0 Å². The fourth-order valence-electron chi connectivity index (χ4n) is 2.36. The SMILES string of the molecule is Cc1cccc(NC(=O)COC(=O)CCC(=O)NNC(=O)c2ccccc2)c1C. The molecule has 0 saturated heterocycles. The van der Waals surface area contributed by atoms with Gasteiger partial charge in [-0.2, -0.15) is 0 Å². The van der Waals surface area contributed by atoms with Crippen LogP contribution in [0.4, 0.5) is 5.69 Å². The van der Waals surface area contributed by atoms with Crippen molar-refractivity contribution in [1.82, 2.24) is 10.9 Å². The number of carbonyl (C=O) groups is 4. The van der Waals surface area contributed by atoms with Gasteiger partial charge in [-0.05, 0) is 43.2 Å². The lowest BCUT2D eigenvalue weighted by Gasteiger charge is -2.10. The largest absolute Gasteiger partial charge is 0.456 e. The average Bonchev–Trinajstić information content (AvgIpc) is 2.73. The standard InChI is InChI=1S/C21H23N3O5/c1-14-7-6-10-17(15(14)2)22-19(26)13-29-20(27)12-11-18(25)23-24-21(28)16-8-4-3-5-9-16/h3-10H,11-13H2,1-2H3,(H,22,26)(H,23,25)(H,24,28). The third-order valence-electron chi connectivity index (χ3n) is 4.15. The number of aryl methyl sites for hydroxylation is 1. The molecule has 0 saturated carbocycles. The Balaban J connectivity index is 1.66. The first kappa shape index (κ1) is 21.6. The lowest BCUT2D eigenvalue weighted by Crippen LogP contribution is -2.41. The molecule has 0 heterocycles. The molecule has 0 unspecified atom stereocenters. The van der Waals surface area contributed by atoms with Crippen LogP contribution in [-0.2, 0) is 19.1 Å². The van der Waals surface area contributed by atoms with Gasteiger partial charge in [0.2, 0.25) is 5.91 Å². The highest BCUT2D eigenvalue weighted by atomic mass is 16.5. The Morgan fingerprint density at radius 3 is 2.28 bits per heavy atom. The van der Waals surface area contributed by atoms with Crippen LogP contribution in [0.15, 0.2) is 48.5 Å². The minimum absolute atomic E-state index is 0.188. The number of hydrazine groups is 1. The Kier molecular flexibility index (Phi) is 7.90. The monoisotopic (exact) mass is 397 g/mol. The fourth-order valence-corrected chi connectivity index (χ4v) is 2.36. The van der Waals surface area contributed by atoms with Gasteiger partial charge in [0, 0.05) is 17.7 Å². The highest BCUT2D eigenvalue weighted by Gasteiger charge is 2.12. The molecule has 29 heavy (non-hydrogen) atoms. The van der Waals surface area contributed by atoms with Crippen LogP contribution in [0.2, 0.25) is 0 Å². The first-order valence-corrected chi connectivity index (χ1v) is 9.02. The number of hydrogen-bond acceptors (Lipinski definition) is 5. The van der Waals surface area contributed by atoms with E-state index in [1.165, 1.54) is 0 Å². The summed E-state index contributed by atoms with van der Waals surface area (Å²) in [5.74, 6) is -2.17. The molecule has 0 aliphatic heterocycles. The van der Waals surface area contributed by atoms with Crippen molar-refractivity contribution in [3.05, 3.63) is 65.2 Å². The summed E-state index contributed by atoms with van der Waals surface area (Å²) in [6.45, 7) is 3.36. The average molecular weight is 397 g/mol. The lowest BCUT2D eigenvalue weighted by molar-refractivity contribution is -0.148. The fraction of sp³-hybridized carbons (Fsp3) is 0.238. The van der Waals surface area contributed by atoms with E-state index in [0.29, 0.717) is 11.3 Å². The molecular weight excluding hydrogens is 374 g/mol. The van der Waals surface area contributed by atoms with Gasteiger partial charge in [-0.1, -0.05) is 30.3 Å². The summed E-state index contributed by atoms with van der Waals surface area (Å²) in [6.07, 6.45) is -0.406. The van der Waals surface area contributed by atoms with Crippen molar-refractivity contribution >= 4 is 29.4 Å². The minimum Gasteiger partial charge on any atom is -0.456 e. The van der Waals surface area contributed by atoms with Crippen LogP contribution in [0.1, 0.15) is 34.3 Å². The van der Waals surface area contributed by atoms with Gasteiger partial charge in [-0.3, -0.25) is 30.0 Å². The van der Waals surface area contributed by atoms with Crippen LogP contribution < -0.4 is 16.2 Å². The number of esters is 1. The van der Waals surface area contributed by atoms with Gasteiger partial charge in [0.1, 0.15) is 0 Å². The third kappa shape index (κ3) is 7.10. The van der Waals surface area contributed by atoms with Crippen LogP contribution in [0, 0.1) is 13.8 Å². The number of nitrogens with one attached hydrogen (secondary N) is 3.